The maximum absolute atomic E-state index is 12.3. The van der Waals surface area contributed by atoms with Gasteiger partial charge in [0, 0.05) is 18.6 Å². The summed E-state index contributed by atoms with van der Waals surface area (Å²) in [4.78, 5) is 16.6. The second-order valence-corrected chi connectivity index (χ2v) is 8.36. The number of hydrogen-bond acceptors (Lipinski definition) is 4. The molecule has 4 rings (SSSR count). The van der Waals surface area contributed by atoms with Crippen LogP contribution < -0.4 is 5.32 Å². The fraction of sp³-hybridized carbons (Fsp3) is 0.867. The van der Waals surface area contributed by atoms with E-state index in [1.165, 1.54) is 25.7 Å². The number of carbonyl (C=O) groups excluding carboxylic acids is 1. The van der Waals surface area contributed by atoms with Crippen molar-refractivity contribution < 1.29 is 9.53 Å². The molecule has 1 N–H and O–H groups in total. The molecular formula is C15H22N2O2S. The van der Waals surface area contributed by atoms with Crippen molar-refractivity contribution in [2.24, 2.45) is 22.7 Å². The van der Waals surface area contributed by atoms with Gasteiger partial charge in [-0.1, -0.05) is 18.2 Å². The zero-order chi connectivity index (χ0) is 13.7. The van der Waals surface area contributed by atoms with Gasteiger partial charge in [0.15, 0.2) is 5.17 Å². The first kappa shape index (κ1) is 13.1. The molecule has 5 atom stereocenters. The van der Waals surface area contributed by atoms with E-state index in [9.17, 15) is 4.79 Å². The van der Waals surface area contributed by atoms with Crippen LogP contribution in [0.1, 0.15) is 39.0 Å². The third-order valence-corrected chi connectivity index (χ3v) is 7.03. The number of ether oxygens (including phenoxy) is 1. The number of fused-ring (bicyclic) bond motifs is 2. The monoisotopic (exact) mass is 294 g/mol. The van der Waals surface area contributed by atoms with Crippen molar-refractivity contribution in [1.82, 2.24) is 5.32 Å². The molecule has 1 unspecified atom stereocenters. The maximum Gasteiger partial charge on any atom is 0.264 e. The summed E-state index contributed by atoms with van der Waals surface area (Å²) in [5.41, 5.74) is 0. The van der Waals surface area contributed by atoms with Crippen molar-refractivity contribution in [2.45, 2.75) is 49.8 Å². The summed E-state index contributed by atoms with van der Waals surface area (Å²) in [5.74, 6) is 2.06. The molecule has 2 bridgehead atoms. The molecule has 5 heteroatoms. The highest BCUT2D eigenvalue weighted by Crippen LogP contribution is 2.46. The Morgan fingerprint density at radius 3 is 2.90 bits per heavy atom. The average molecular weight is 294 g/mol. The number of nitrogens with one attached hydrogen (secondary N) is 1. The van der Waals surface area contributed by atoms with E-state index in [-0.39, 0.29) is 5.91 Å². The normalized spacial score (nSPS) is 47.0. The smallest absolute Gasteiger partial charge is 0.264 e. The zero-order valence-corrected chi connectivity index (χ0v) is 12.7. The minimum atomic E-state index is -0.406. The molecule has 2 aliphatic heterocycles. The minimum absolute atomic E-state index is 0.0312. The van der Waals surface area contributed by atoms with Crippen LogP contribution in [0.25, 0.3) is 0 Å². The Bertz CT molecular complexity index is 461. The number of amides is 1. The van der Waals surface area contributed by atoms with Crippen molar-refractivity contribution in [3.05, 3.63) is 0 Å². The number of amidine groups is 1. The molecule has 4 nitrogen and oxygen atoms in total. The Kier molecular flexibility index (Phi) is 3.11. The molecule has 2 saturated carbocycles. The maximum atomic E-state index is 12.3. The predicted molar refractivity (Wildman–Crippen MR) is 79.7 cm³/mol. The Balaban J connectivity index is 1.43. The molecule has 0 radical (unpaired) electrons. The van der Waals surface area contributed by atoms with Crippen LogP contribution in [-0.2, 0) is 9.53 Å². The highest BCUT2D eigenvalue weighted by Gasteiger charge is 2.49. The summed E-state index contributed by atoms with van der Waals surface area (Å²) in [5, 5.41) is 4.43. The Labute approximate surface area is 124 Å². The van der Waals surface area contributed by atoms with Crippen LogP contribution in [0.5, 0.6) is 0 Å². The standard InChI is InChI=1S/C15H22N2O2S/c1-15(11-4-5-19-8-11)13(18)17-14(20-15)16-12-7-9-2-3-10(12)6-9/h9-12H,2-8H2,1H3,(H,16,17,18)/t9-,10-,11+,12-,15?/m0/s1. The largest absolute Gasteiger partial charge is 0.381 e. The van der Waals surface area contributed by atoms with Gasteiger partial charge in [0.25, 0.3) is 5.91 Å². The van der Waals surface area contributed by atoms with Crippen molar-refractivity contribution in [2.75, 3.05) is 13.2 Å². The minimum Gasteiger partial charge on any atom is -0.381 e. The van der Waals surface area contributed by atoms with Gasteiger partial charge in [0.1, 0.15) is 4.75 Å². The number of nitrogens with zero attached hydrogens (tertiary/aromatic N) is 1. The lowest BCUT2D eigenvalue weighted by Gasteiger charge is -2.27. The van der Waals surface area contributed by atoms with E-state index in [0.717, 1.165) is 30.0 Å². The van der Waals surface area contributed by atoms with E-state index in [0.29, 0.717) is 18.6 Å². The highest BCUT2D eigenvalue weighted by molar-refractivity contribution is 8.16. The molecule has 1 amide bonds. The summed E-state index contributed by atoms with van der Waals surface area (Å²) < 4.78 is 5.05. The molecule has 0 aromatic heterocycles. The molecule has 2 aliphatic carbocycles. The van der Waals surface area contributed by atoms with E-state index >= 15 is 0 Å². The van der Waals surface area contributed by atoms with Crippen molar-refractivity contribution in [1.29, 1.82) is 0 Å². The van der Waals surface area contributed by atoms with Gasteiger partial charge in [-0.15, -0.1) is 0 Å². The fourth-order valence-electron chi connectivity index (χ4n) is 4.34. The Hall–Kier alpha value is -0.550. The summed E-state index contributed by atoms with van der Waals surface area (Å²) in [6.45, 7) is 3.52. The van der Waals surface area contributed by atoms with E-state index < -0.39 is 4.75 Å². The van der Waals surface area contributed by atoms with Gasteiger partial charge in [0.05, 0.1) is 6.61 Å². The van der Waals surface area contributed by atoms with Crippen LogP contribution >= 0.6 is 11.8 Å². The first-order valence-corrected chi connectivity index (χ1v) is 8.63. The van der Waals surface area contributed by atoms with Gasteiger partial charge in [0.2, 0.25) is 0 Å². The van der Waals surface area contributed by atoms with Crippen molar-refractivity contribution in [3.8, 4) is 0 Å². The molecule has 1 saturated heterocycles. The third-order valence-electron chi connectivity index (χ3n) is 5.69. The van der Waals surface area contributed by atoms with Crippen molar-refractivity contribution in [3.63, 3.8) is 0 Å². The third kappa shape index (κ3) is 2.01. The first-order valence-electron chi connectivity index (χ1n) is 7.81. The van der Waals surface area contributed by atoms with E-state index in [1.807, 2.05) is 6.92 Å². The van der Waals surface area contributed by atoms with Gasteiger partial charge < -0.3 is 10.1 Å². The molecule has 0 spiro atoms. The average Bonchev–Trinajstić information content (AvgIpc) is 3.16. The van der Waals surface area contributed by atoms with Gasteiger partial charge >= 0.3 is 0 Å². The first-order chi connectivity index (χ1) is 9.65. The number of carbonyl (C=O) groups is 1. The fourth-order valence-corrected chi connectivity index (χ4v) is 5.57. The molecule has 2 heterocycles. The van der Waals surface area contributed by atoms with Gasteiger partial charge in [-0.3, -0.25) is 4.79 Å². The SMILES string of the molecule is CC1([C@@H]2CCOC2)SC(N[C@H]2C[C@H]3CC[C@H]2C3)=NC1=O. The lowest BCUT2D eigenvalue weighted by Crippen LogP contribution is -2.39. The summed E-state index contributed by atoms with van der Waals surface area (Å²) in [6.07, 6.45) is 6.37. The molecule has 20 heavy (non-hydrogen) atoms. The van der Waals surface area contributed by atoms with Gasteiger partial charge in [-0.05, 0) is 44.4 Å². The highest BCUT2D eigenvalue weighted by atomic mass is 32.2. The summed E-state index contributed by atoms with van der Waals surface area (Å²) >= 11 is 1.64. The van der Waals surface area contributed by atoms with Gasteiger partial charge in [-0.2, -0.15) is 4.99 Å². The molecule has 3 fully saturated rings. The van der Waals surface area contributed by atoms with Crippen LogP contribution in [0.4, 0.5) is 0 Å². The molecule has 4 aliphatic rings. The van der Waals surface area contributed by atoms with Crippen LogP contribution in [0, 0.1) is 17.8 Å². The quantitative estimate of drug-likeness (QED) is 0.848. The summed E-state index contributed by atoms with van der Waals surface area (Å²) in [6, 6.07) is 0.551. The molecule has 0 aromatic carbocycles. The number of thioether (sulfide) groups is 1. The van der Waals surface area contributed by atoms with Gasteiger partial charge in [-0.25, -0.2) is 0 Å². The van der Waals surface area contributed by atoms with E-state index in [4.69, 9.17) is 4.74 Å². The van der Waals surface area contributed by atoms with Crippen LogP contribution in [-0.4, -0.2) is 35.1 Å². The van der Waals surface area contributed by atoms with E-state index in [2.05, 4.69) is 10.3 Å². The zero-order valence-electron chi connectivity index (χ0n) is 11.9. The predicted octanol–water partition coefficient (Wildman–Crippen LogP) is 2.19. The number of hydrogen-bond donors (Lipinski definition) is 1. The topological polar surface area (TPSA) is 50.7 Å². The number of aliphatic imine (C=N–C) groups is 1. The number of rotatable bonds is 2. The second kappa shape index (κ2) is 4.73. The molecule has 0 aromatic rings. The lowest BCUT2D eigenvalue weighted by atomic mass is 9.92. The van der Waals surface area contributed by atoms with Crippen LogP contribution in [0.15, 0.2) is 4.99 Å². The van der Waals surface area contributed by atoms with Crippen LogP contribution in [0.2, 0.25) is 0 Å². The Morgan fingerprint density at radius 1 is 1.35 bits per heavy atom. The Morgan fingerprint density at radius 2 is 2.25 bits per heavy atom. The lowest BCUT2D eigenvalue weighted by molar-refractivity contribution is -0.120. The summed E-state index contributed by atoms with van der Waals surface area (Å²) in [7, 11) is 0. The van der Waals surface area contributed by atoms with E-state index in [1.54, 1.807) is 11.8 Å². The van der Waals surface area contributed by atoms with Crippen LogP contribution in [0.3, 0.4) is 0 Å². The van der Waals surface area contributed by atoms with Crippen molar-refractivity contribution >= 4 is 22.8 Å². The second-order valence-electron chi connectivity index (χ2n) is 6.92. The molecular weight excluding hydrogens is 272 g/mol. The molecule has 110 valence electrons.